The van der Waals surface area contributed by atoms with E-state index in [9.17, 15) is 4.79 Å². The number of carbonyl (C=O) groups excluding carboxylic acids is 1. The minimum atomic E-state index is -0.0161. The van der Waals surface area contributed by atoms with Crippen LogP contribution in [0.25, 0.3) is 0 Å². The first kappa shape index (κ1) is 15.8. The van der Waals surface area contributed by atoms with Gasteiger partial charge < -0.3 is 4.74 Å². The fraction of sp³-hybridized carbons (Fsp3) is 0.278. The second-order valence-corrected chi connectivity index (χ2v) is 5.88. The molecule has 0 aliphatic rings. The van der Waals surface area contributed by atoms with Crippen LogP contribution in [0.2, 0.25) is 0 Å². The van der Waals surface area contributed by atoms with Gasteiger partial charge in [0.25, 0.3) is 0 Å². The molecule has 0 bridgehead atoms. The number of unbranched alkanes of at least 4 members (excludes halogenated alkanes) is 1. The molecule has 2 nitrogen and oxygen atoms in total. The van der Waals surface area contributed by atoms with E-state index in [1.807, 2.05) is 24.3 Å². The number of aryl methyl sites for hydroxylation is 1. The monoisotopic (exact) mass is 346 g/mol. The van der Waals surface area contributed by atoms with Crippen molar-refractivity contribution in [2.24, 2.45) is 0 Å². The maximum absolute atomic E-state index is 12.0. The zero-order chi connectivity index (χ0) is 15.1. The van der Waals surface area contributed by atoms with E-state index in [0.29, 0.717) is 5.56 Å². The lowest BCUT2D eigenvalue weighted by Crippen LogP contribution is -2.11. The Morgan fingerprint density at radius 1 is 1.05 bits per heavy atom. The number of ketones is 1. The molecule has 0 atom stereocenters. The number of ether oxygens (including phenoxy) is 1. The van der Waals surface area contributed by atoms with Gasteiger partial charge in [-0.15, -0.1) is 0 Å². The van der Waals surface area contributed by atoms with Gasteiger partial charge in [0, 0.05) is 10.0 Å². The summed E-state index contributed by atoms with van der Waals surface area (Å²) >= 11 is 3.35. The fourth-order valence-corrected chi connectivity index (χ4v) is 2.27. The van der Waals surface area contributed by atoms with E-state index in [-0.39, 0.29) is 12.4 Å². The maximum Gasteiger partial charge on any atom is 0.200 e. The van der Waals surface area contributed by atoms with E-state index in [2.05, 4.69) is 35.0 Å². The van der Waals surface area contributed by atoms with Crippen molar-refractivity contribution < 1.29 is 9.53 Å². The van der Waals surface area contributed by atoms with Crippen molar-refractivity contribution in [3.8, 4) is 5.75 Å². The summed E-state index contributed by atoms with van der Waals surface area (Å²) in [7, 11) is 0. The maximum atomic E-state index is 12.0. The van der Waals surface area contributed by atoms with Crippen LogP contribution in [0.3, 0.4) is 0 Å². The average Bonchev–Trinajstić information content (AvgIpc) is 2.52. The van der Waals surface area contributed by atoms with Gasteiger partial charge in [-0.25, -0.2) is 0 Å². The van der Waals surface area contributed by atoms with Gasteiger partial charge in [0.2, 0.25) is 0 Å². The molecule has 0 aromatic heterocycles. The Hall–Kier alpha value is -1.61. The number of rotatable bonds is 7. The average molecular weight is 347 g/mol. The van der Waals surface area contributed by atoms with E-state index < -0.39 is 0 Å². The molecular weight excluding hydrogens is 328 g/mol. The molecule has 0 aliphatic heterocycles. The number of halogens is 1. The zero-order valence-corrected chi connectivity index (χ0v) is 13.7. The molecule has 0 saturated carbocycles. The Bertz CT molecular complexity index is 573. The Kier molecular flexibility index (Phi) is 6.00. The van der Waals surface area contributed by atoms with Crippen LogP contribution in [0.5, 0.6) is 5.75 Å². The van der Waals surface area contributed by atoms with Crippen LogP contribution in [-0.2, 0) is 6.42 Å². The predicted molar refractivity (Wildman–Crippen MR) is 89.0 cm³/mol. The van der Waals surface area contributed by atoms with E-state index in [4.69, 9.17) is 4.74 Å². The third-order valence-corrected chi connectivity index (χ3v) is 3.81. The first-order chi connectivity index (χ1) is 10.2. The molecule has 0 heterocycles. The van der Waals surface area contributed by atoms with Gasteiger partial charge in [0.05, 0.1) is 0 Å². The van der Waals surface area contributed by atoms with Crippen molar-refractivity contribution in [1.82, 2.24) is 0 Å². The van der Waals surface area contributed by atoms with Crippen molar-refractivity contribution in [3.05, 3.63) is 64.1 Å². The summed E-state index contributed by atoms with van der Waals surface area (Å²) in [4.78, 5) is 12.0. The predicted octanol–water partition coefficient (Wildman–Crippen LogP) is 5.05. The second-order valence-electron chi connectivity index (χ2n) is 4.97. The molecule has 0 radical (unpaired) electrons. The summed E-state index contributed by atoms with van der Waals surface area (Å²) in [5.74, 6) is 0.721. The molecule has 0 spiro atoms. The van der Waals surface area contributed by atoms with E-state index >= 15 is 0 Å². The molecule has 2 rings (SSSR count). The van der Waals surface area contributed by atoms with Crippen molar-refractivity contribution in [2.45, 2.75) is 26.2 Å². The molecule has 21 heavy (non-hydrogen) atoms. The Morgan fingerprint density at radius 3 is 2.33 bits per heavy atom. The number of benzene rings is 2. The molecule has 110 valence electrons. The van der Waals surface area contributed by atoms with Gasteiger partial charge in [-0.2, -0.15) is 0 Å². The second kappa shape index (κ2) is 7.99. The molecule has 0 amide bonds. The summed E-state index contributed by atoms with van der Waals surface area (Å²) in [5.41, 5.74) is 1.97. The quantitative estimate of drug-likeness (QED) is 0.655. The van der Waals surface area contributed by atoms with Crippen LogP contribution in [-0.4, -0.2) is 12.4 Å². The van der Waals surface area contributed by atoms with Crippen LogP contribution < -0.4 is 4.74 Å². The minimum absolute atomic E-state index is 0.0161. The van der Waals surface area contributed by atoms with Crippen molar-refractivity contribution in [3.63, 3.8) is 0 Å². The van der Waals surface area contributed by atoms with Crippen LogP contribution in [0.15, 0.2) is 53.0 Å². The van der Waals surface area contributed by atoms with Crippen molar-refractivity contribution in [2.75, 3.05) is 6.61 Å². The molecule has 0 N–H and O–H groups in total. The third-order valence-electron chi connectivity index (χ3n) is 3.28. The number of Topliss-reactive ketones (excluding diaryl/α,β-unsaturated/α-hetero) is 1. The van der Waals surface area contributed by atoms with E-state index in [1.165, 1.54) is 18.4 Å². The van der Waals surface area contributed by atoms with Gasteiger partial charge in [0.15, 0.2) is 12.4 Å². The highest BCUT2D eigenvalue weighted by molar-refractivity contribution is 9.10. The molecule has 3 heteroatoms. The zero-order valence-electron chi connectivity index (χ0n) is 12.1. The van der Waals surface area contributed by atoms with Crippen LogP contribution >= 0.6 is 15.9 Å². The number of hydrogen-bond donors (Lipinski definition) is 0. The Morgan fingerprint density at radius 2 is 1.71 bits per heavy atom. The number of hydrogen-bond acceptors (Lipinski definition) is 2. The summed E-state index contributed by atoms with van der Waals surface area (Å²) in [6.45, 7) is 2.25. The van der Waals surface area contributed by atoms with Crippen LogP contribution in [0.4, 0.5) is 0 Å². The third kappa shape index (κ3) is 5.01. The Balaban J connectivity index is 1.87. The largest absolute Gasteiger partial charge is 0.485 e. The SMILES string of the molecule is CCCCc1ccc(OCC(=O)c2ccc(Br)cc2)cc1. The van der Waals surface area contributed by atoms with Gasteiger partial charge in [0.1, 0.15) is 5.75 Å². The van der Waals surface area contributed by atoms with Gasteiger partial charge in [-0.3, -0.25) is 4.79 Å². The molecule has 2 aromatic rings. The molecule has 0 aliphatic carbocycles. The first-order valence-corrected chi connectivity index (χ1v) is 7.99. The summed E-state index contributed by atoms with van der Waals surface area (Å²) in [6.07, 6.45) is 3.48. The van der Waals surface area contributed by atoms with E-state index in [1.54, 1.807) is 12.1 Å². The van der Waals surface area contributed by atoms with Crippen molar-refractivity contribution in [1.29, 1.82) is 0 Å². The fourth-order valence-electron chi connectivity index (χ4n) is 2.00. The first-order valence-electron chi connectivity index (χ1n) is 7.19. The smallest absolute Gasteiger partial charge is 0.200 e. The van der Waals surface area contributed by atoms with E-state index in [0.717, 1.165) is 16.6 Å². The Labute approximate surface area is 134 Å². The lowest BCUT2D eigenvalue weighted by molar-refractivity contribution is 0.0921. The normalized spacial score (nSPS) is 10.4. The number of carbonyl (C=O) groups is 1. The van der Waals surface area contributed by atoms with Crippen molar-refractivity contribution >= 4 is 21.7 Å². The van der Waals surface area contributed by atoms with Crippen LogP contribution in [0.1, 0.15) is 35.7 Å². The van der Waals surface area contributed by atoms with Gasteiger partial charge >= 0.3 is 0 Å². The molecule has 2 aromatic carbocycles. The van der Waals surface area contributed by atoms with Gasteiger partial charge in [-0.1, -0.05) is 53.5 Å². The standard InChI is InChI=1S/C18H19BrO2/c1-2-3-4-14-5-11-17(12-6-14)21-13-18(20)15-7-9-16(19)10-8-15/h5-12H,2-4,13H2,1H3. The summed E-state index contributed by atoms with van der Waals surface area (Å²) in [5, 5.41) is 0. The minimum Gasteiger partial charge on any atom is -0.485 e. The molecule has 0 unspecified atom stereocenters. The molecule has 0 saturated heterocycles. The topological polar surface area (TPSA) is 26.3 Å². The molecule has 0 fully saturated rings. The molecular formula is C18H19BrO2. The summed E-state index contributed by atoms with van der Waals surface area (Å²) < 4.78 is 6.51. The highest BCUT2D eigenvalue weighted by Crippen LogP contribution is 2.15. The highest BCUT2D eigenvalue weighted by atomic mass is 79.9. The lowest BCUT2D eigenvalue weighted by atomic mass is 10.1. The van der Waals surface area contributed by atoms with Crippen LogP contribution in [0, 0.1) is 0 Å². The van der Waals surface area contributed by atoms with Gasteiger partial charge in [-0.05, 0) is 42.7 Å². The lowest BCUT2D eigenvalue weighted by Gasteiger charge is -2.07. The summed E-state index contributed by atoms with van der Waals surface area (Å²) in [6, 6.07) is 15.3. The highest BCUT2D eigenvalue weighted by Gasteiger charge is 2.06.